The zero-order valence-corrected chi connectivity index (χ0v) is 11.5. The third kappa shape index (κ3) is 2.77. The Kier molecular flexibility index (Phi) is 3.98. The monoisotopic (exact) mass is 348 g/mol. The molecule has 2 N–H and O–H groups in total. The molecule has 3 nitrogen and oxygen atoms in total. The normalized spacial score (nSPS) is 17.2. The van der Waals surface area contributed by atoms with Crippen LogP contribution in [0.2, 0.25) is 0 Å². The van der Waals surface area contributed by atoms with E-state index in [1.807, 2.05) is 22.6 Å². The fraction of sp³-hybridized carbons (Fsp3) is 0.417. The van der Waals surface area contributed by atoms with E-state index in [0.29, 0.717) is 16.7 Å². The SMILES string of the molecule is NC1CCN(C(=O)c2c(F)cccc2I)CC1. The molecule has 1 fully saturated rings. The molecule has 0 aromatic heterocycles. The average Bonchev–Trinajstić information content (AvgIpc) is 2.29. The number of hydrogen-bond donors (Lipinski definition) is 1. The molecule has 0 bridgehead atoms. The first-order valence-electron chi connectivity index (χ1n) is 5.58. The molecule has 0 aliphatic carbocycles. The van der Waals surface area contributed by atoms with Gasteiger partial charge in [0.2, 0.25) is 0 Å². The van der Waals surface area contributed by atoms with Crippen molar-refractivity contribution in [3.63, 3.8) is 0 Å². The zero-order chi connectivity index (χ0) is 12.4. The van der Waals surface area contributed by atoms with E-state index in [4.69, 9.17) is 5.73 Å². The second kappa shape index (κ2) is 5.30. The molecule has 0 unspecified atom stereocenters. The maximum Gasteiger partial charge on any atom is 0.257 e. The third-order valence-electron chi connectivity index (χ3n) is 3.00. The first kappa shape index (κ1) is 12.8. The Morgan fingerprint density at radius 3 is 2.65 bits per heavy atom. The van der Waals surface area contributed by atoms with Crippen molar-refractivity contribution in [2.24, 2.45) is 5.73 Å². The Bertz CT molecular complexity index is 410. The molecule has 1 aromatic carbocycles. The maximum atomic E-state index is 13.7. The first-order valence-corrected chi connectivity index (χ1v) is 6.66. The lowest BCUT2D eigenvalue weighted by Gasteiger charge is -2.30. The van der Waals surface area contributed by atoms with Crippen LogP contribution >= 0.6 is 22.6 Å². The lowest BCUT2D eigenvalue weighted by atomic mass is 10.0. The Morgan fingerprint density at radius 2 is 2.06 bits per heavy atom. The van der Waals surface area contributed by atoms with E-state index in [0.717, 1.165) is 12.8 Å². The topological polar surface area (TPSA) is 46.3 Å². The van der Waals surface area contributed by atoms with Crippen LogP contribution in [0, 0.1) is 9.39 Å². The predicted molar refractivity (Wildman–Crippen MR) is 72.2 cm³/mol. The van der Waals surface area contributed by atoms with Gasteiger partial charge in [-0.3, -0.25) is 4.79 Å². The number of halogens is 2. The van der Waals surface area contributed by atoms with Gasteiger partial charge >= 0.3 is 0 Å². The summed E-state index contributed by atoms with van der Waals surface area (Å²) < 4.78 is 14.3. The maximum absolute atomic E-state index is 13.7. The molecule has 17 heavy (non-hydrogen) atoms. The summed E-state index contributed by atoms with van der Waals surface area (Å²) in [6.45, 7) is 1.23. The van der Waals surface area contributed by atoms with Gasteiger partial charge in [-0.15, -0.1) is 0 Å². The molecule has 1 aliphatic heterocycles. The molecule has 1 aliphatic rings. The van der Waals surface area contributed by atoms with Gasteiger partial charge in [0.15, 0.2) is 0 Å². The summed E-state index contributed by atoms with van der Waals surface area (Å²) in [7, 11) is 0. The summed E-state index contributed by atoms with van der Waals surface area (Å²) >= 11 is 1.99. The molecule has 1 amide bonds. The van der Waals surface area contributed by atoms with Crippen molar-refractivity contribution in [1.29, 1.82) is 0 Å². The minimum absolute atomic E-state index is 0.166. The molecule has 2 rings (SSSR count). The van der Waals surface area contributed by atoms with E-state index in [1.54, 1.807) is 17.0 Å². The third-order valence-corrected chi connectivity index (χ3v) is 3.90. The lowest BCUT2D eigenvalue weighted by Crippen LogP contribution is -2.43. The zero-order valence-electron chi connectivity index (χ0n) is 9.33. The number of nitrogens with zero attached hydrogens (tertiary/aromatic N) is 1. The van der Waals surface area contributed by atoms with Gasteiger partial charge in [-0.1, -0.05) is 6.07 Å². The van der Waals surface area contributed by atoms with E-state index < -0.39 is 5.82 Å². The number of benzene rings is 1. The van der Waals surface area contributed by atoms with Crippen LogP contribution in [-0.4, -0.2) is 29.9 Å². The number of nitrogens with two attached hydrogens (primary N) is 1. The molecule has 0 atom stereocenters. The van der Waals surface area contributed by atoms with Gasteiger partial charge in [0.25, 0.3) is 5.91 Å². The summed E-state index contributed by atoms with van der Waals surface area (Å²) in [6.07, 6.45) is 1.58. The second-order valence-electron chi connectivity index (χ2n) is 4.23. The van der Waals surface area contributed by atoms with Crippen LogP contribution in [0.15, 0.2) is 18.2 Å². The highest BCUT2D eigenvalue weighted by molar-refractivity contribution is 14.1. The van der Waals surface area contributed by atoms with Crippen LogP contribution in [0.5, 0.6) is 0 Å². The van der Waals surface area contributed by atoms with Crippen LogP contribution in [-0.2, 0) is 0 Å². The minimum atomic E-state index is -0.447. The molecule has 0 radical (unpaired) electrons. The van der Waals surface area contributed by atoms with Crippen LogP contribution in [0.25, 0.3) is 0 Å². The number of piperidine rings is 1. The molecular formula is C12H14FIN2O. The van der Waals surface area contributed by atoms with Crippen LogP contribution in [0.4, 0.5) is 4.39 Å². The standard InChI is InChI=1S/C12H14FIN2O/c13-9-2-1-3-10(14)11(9)12(17)16-6-4-8(15)5-7-16/h1-3,8H,4-7,15H2. The molecule has 92 valence electrons. The van der Waals surface area contributed by atoms with Crippen LogP contribution < -0.4 is 5.73 Å². The van der Waals surface area contributed by atoms with Crippen molar-refractivity contribution in [2.75, 3.05) is 13.1 Å². The Hall–Kier alpha value is -0.690. The predicted octanol–water partition coefficient (Wildman–Crippen LogP) is 1.99. The average molecular weight is 348 g/mol. The molecule has 5 heteroatoms. The van der Waals surface area contributed by atoms with E-state index >= 15 is 0 Å². The summed E-state index contributed by atoms with van der Waals surface area (Å²) in [5.41, 5.74) is 5.97. The fourth-order valence-corrected chi connectivity index (χ4v) is 2.66. The number of carbonyl (C=O) groups excluding carboxylic acids is 1. The van der Waals surface area contributed by atoms with E-state index in [2.05, 4.69) is 0 Å². The molecular weight excluding hydrogens is 334 g/mol. The smallest absolute Gasteiger partial charge is 0.257 e. The van der Waals surface area contributed by atoms with Gasteiger partial charge in [0.05, 0.1) is 5.56 Å². The lowest BCUT2D eigenvalue weighted by molar-refractivity contribution is 0.0709. The number of amides is 1. The summed E-state index contributed by atoms with van der Waals surface area (Å²) in [5, 5.41) is 0. The van der Waals surface area contributed by atoms with Gasteiger partial charge in [0.1, 0.15) is 5.82 Å². The fourth-order valence-electron chi connectivity index (χ4n) is 1.96. The Morgan fingerprint density at radius 1 is 1.41 bits per heavy atom. The van der Waals surface area contributed by atoms with Gasteiger partial charge in [-0.25, -0.2) is 4.39 Å². The second-order valence-corrected chi connectivity index (χ2v) is 5.39. The first-order chi connectivity index (χ1) is 8.09. The van der Waals surface area contributed by atoms with Gasteiger partial charge in [-0.05, 0) is 47.6 Å². The number of likely N-dealkylation sites (tertiary alicyclic amines) is 1. The van der Waals surface area contributed by atoms with E-state index in [9.17, 15) is 9.18 Å². The van der Waals surface area contributed by atoms with Crippen molar-refractivity contribution >= 4 is 28.5 Å². The highest BCUT2D eigenvalue weighted by Gasteiger charge is 2.25. The van der Waals surface area contributed by atoms with Crippen molar-refractivity contribution in [1.82, 2.24) is 4.90 Å². The molecule has 0 saturated carbocycles. The number of rotatable bonds is 1. The number of hydrogen-bond acceptors (Lipinski definition) is 2. The van der Waals surface area contributed by atoms with Gasteiger partial charge in [-0.2, -0.15) is 0 Å². The van der Waals surface area contributed by atoms with Crippen molar-refractivity contribution in [2.45, 2.75) is 18.9 Å². The van der Waals surface area contributed by atoms with Crippen LogP contribution in [0.3, 0.4) is 0 Å². The largest absolute Gasteiger partial charge is 0.338 e. The van der Waals surface area contributed by atoms with Gasteiger partial charge < -0.3 is 10.6 Å². The van der Waals surface area contributed by atoms with E-state index in [1.165, 1.54) is 6.07 Å². The van der Waals surface area contributed by atoms with Crippen molar-refractivity contribution in [3.8, 4) is 0 Å². The Labute approximate surface area is 113 Å². The minimum Gasteiger partial charge on any atom is -0.338 e. The Balaban J connectivity index is 2.20. The van der Waals surface area contributed by atoms with Crippen molar-refractivity contribution in [3.05, 3.63) is 33.1 Å². The van der Waals surface area contributed by atoms with Crippen LogP contribution in [0.1, 0.15) is 23.2 Å². The van der Waals surface area contributed by atoms with Gasteiger partial charge in [0, 0.05) is 22.7 Å². The van der Waals surface area contributed by atoms with E-state index in [-0.39, 0.29) is 17.5 Å². The van der Waals surface area contributed by atoms with Crippen molar-refractivity contribution < 1.29 is 9.18 Å². The quantitative estimate of drug-likeness (QED) is 0.789. The summed E-state index contributed by atoms with van der Waals surface area (Å²) in [5.74, 6) is -0.670. The highest BCUT2D eigenvalue weighted by atomic mass is 127. The number of carbonyl (C=O) groups is 1. The molecule has 0 spiro atoms. The molecule has 1 saturated heterocycles. The summed E-state index contributed by atoms with van der Waals surface area (Å²) in [4.78, 5) is 13.9. The molecule has 1 heterocycles. The summed E-state index contributed by atoms with van der Waals surface area (Å²) in [6, 6.07) is 4.84. The highest BCUT2D eigenvalue weighted by Crippen LogP contribution is 2.20. The molecule has 1 aromatic rings.